The number of imidazole rings is 1. The van der Waals surface area contributed by atoms with E-state index in [9.17, 15) is 0 Å². The van der Waals surface area contributed by atoms with Gasteiger partial charge in [0.05, 0.1) is 18.1 Å². The lowest BCUT2D eigenvalue weighted by molar-refractivity contribution is 0.372. The first-order valence-corrected chi connectivity index (χ1v) is 10.5. The zero-order valence-electron chi connectivity index (χ0n) is 18.4. The van der Waals surface area contributed by atoms with E-state index in [4.69, 9.17) is 14.7 Å². The number of rotatable bonds is 5. The molecule has 31 heavy (non-hydrogen) atoms. The summed E-state index contributed by atoms with van der Waals surface area (Å²) in [4.78, 5) is 14.4. The average molecular weight is 534 g/mol. The van der Waals surface area contributed by atoms with Gasteiger partial charge < -0.3 is 24.4 Å². The highest BCUT2D eigenvalue weighted by molar-refractivity contribution is 14.0. The summed E-state index contributed by atoms with van der Waals surface area (Å²) in [6.07, 6.45) is 0. The highest BCUT2D eigenvalue weighted by atomic mass is 127. The van der Waals surface area contributed by atoms with Crippen LogP contribution in [-0.4, -0.2) is 60.2 Å². The summed E-state index contributed by atoms with van der Waals surface area (Å²) in [5.41, 5.74) is 3.39. The summed E-state index contributed by atoms with van der Waals surface area (Å²) in [7, 11) is 3.75. The van der Waals surface area contributed by atoms with Crippen LogP contribution in [0.1, 0.15) is 12.7 Å². The standard InChI is InChI=1S/C23H30N6O.HI/c1-4-24-23(25-17-22-26-20-7-5-6-8-21(20)27(22)2)29-15-13-28(14-16-29)18-9-11-19(30-3)12-10-18;/h5-12H,4,13-17H2,1-3H3,(H,24,25);1H. The summed E-state index contributed by atoms with van der Waals surface area (Å²) in [6.45, 7) is 7.30. The van der Waals surface area contributed by atoms with Crippen LogP contribution in [0.4, 0.5) is 5.69 Å². The first-order valence-electron chi connectivity index (χ1n) is 10.5. The predicted molar refractivity (Wildman–Crippen MR) is 138 cm³/mol. The van der Waals surface area contributed by atoms with Gasteiger partial charge in [0, 0.05) is 45.5 Å². The van der Waals surface area contributed by atoms with Crippen LogP contribution >= 0.6 is 24.0 Å². The minimum Gasteiger partial charge on any atom is -0.497 e. The molecule has 0 unspecified atom stereocenters. The number of para-hydroxylation sites is 2. The van der Waals surface area contributed by atoms with Gasteiger partial charge >= 0.3 is 0 Å². The number of hydrogen-bond acceptors (Lipinski definition) is 4. The Labute approximate surface area is 201 Å². The Morgan fingerprint density at radius 1 is 1.06 bits per heavy atom. The van der Waals surface area contributed by atoms with E-state index in [1.165, 1.54) is 5.69 Å². The van der Waals surface area contributed by atoms with Gasteiger partial charge in [-0.1, -0.05) is 12.1 Å². The quantitative estimate of drug-likeness (QED) is 0.309. The number of benzene rings is 2. The van der Waals surface area contributed by atoms with E-state index in [1.54, 1.807) is 7.11 Å². The van der Waals surface area contributed by atoms with Crippen molar-refractivity contribution in [1.82, 2.24) is 19.8 Å². The van der Waals surface area contributed by atoms with Crippen molar-refractivity contribution in [3.63, 3.8) is 0 Å². The molecule has 2 heterocycles. The van der Waals surface area contributed by atoms with Crippen LogP contribution in [0.3, 0.4) is 0 Å². The maximum atomic E-state index is 5.27. The molecule has 166 valence electrons. The first kappa shape index (κ1) is 23.2. The number of anilines is 1. The van der Waals surface area contributed by atoms with Gasteiger partial charge in [-0.2, -0.15) is 0 Å². The van der Waals surface area contributed by atoms with Crippen LogP contribution in [-0.2, 0) is 13.6 Å². The number of halogens is 1. The van der Waals surface area contributed by atoms with Crippen LogP contribution in [0, 0.1) is 0 Å². The summed E-state index contributed by atoms with van der Waals surface area (Å²) in [5.74, 6) is 2.82. The van der Waals surface area contributed by atoms with E-state index in [2.05, 4.69) is 51.9 Å². The number of ether oxygens (including phenoxy) is 1. The molecule has 0 radical (unpaired) electrons. The number of aliphatic imine (C=N–C) groups is 1. The number of nitrogens with zero attached hydrogens (tertiary/aromatic N) is 5. The molecule has 8 heteroatoms. The van der Waals surface area contributed by atoms with Gasteiger partial charge in [-0.15, -0.1) is 24.0 Å². The monoisotopic (exact) mass is 534 g/mol. The minimum atomic E-state index is 0. The number of guanidine groups is 1. The Morgan fingerprint density at radius 3 is 2.42 bits per heavy atom. The van der Waals surface area contributed by atoms with Crippen LogP contribution in [0.15, 0.2) is 53.5 Å². The number of nitrogens with one attached hydrogen (secondary N) is 1. The van der Waals surface area contributed by atoms with E-state index >= 15 is 0 Å². The van der Waals surface area contributed by atoms with Gasteiger partial charge in [-0.3, -0.25) is 0 Å². The van der Waals surface area contributed by atoms with Crippen LogP contribution in [0.2, 0.25) is 0 Å². The molecule has 1 fully saturated rings. The maximum Gasteiger partial charge on any atom is 0.194 e. The van der Waals surface area contributed by atoms with Crippen molar-refractivity contribution in [3.8, 4) is 5.75 Å². The Morgan fingerprint density at radius 2 is 1.77 bits per heavy atom. The molecule has 1 aliphatic rings. The van der Waals surface area contributed by atoms with E-state index in [1.807, 2.05) is 30.3 Å². The second-order valence-corrected chi connectivity index (χ2v) is 7.42. The van der Waals surface area contributed by atoms with E-state index in [-0.39, 0.29) is 24.0 Å². The first-order chi connectivity index (χ1) is 14.7. The Balaban J connectivity index is 0.00000272. The predicted octanol–water partition coefficient (Wildman–Crippen LogP) is 3.49. The smallest absolute Gasteiger partial charge is 0.194 e. The fourth-order valence-corrected chi connectivity index (χ4v) is 3.88. The van der Waals surface area contributed by atoms with Crippen molar-refractivity contribution < 1.29 is 4.74 Å². The van der Waals surface area contributed by atoms with E-state index in [0.29, 0.717) is 6.54 Å². The van der Waals surface area contributed by atoms with Gasteiger partial charge in [-0.25, -0.2) is 9.98 Å². The summed E-state index contributed by atoms with van der Waals surface area (Å²) in [6, 6.07) is 16.5. The maximum absolute atomic E-state index is 5.27. The van der Waals surface area contributed by atoms with Crippen molar-refractivity contribution in [2.75, 3.05) is 44.7 Å². The number of fused-ring (bicyclic) bond motifs is 1. The topological polar surface area (TPSA) is 57.9 Å². The second-order valence-electron chi connectivity index (χ2n) is 7.42. The fraction of sp³-hybridized carbons (Fsp3) is 0.391. The van der Waals surface area contributed by atoms with E-state index in [0.717, 1.165) is 61.3 Å². The lowest BCUT2D eigenvalue weighted by Gasteiger charge is -2.37. The Hall–Kier alpha value is -2.49. The number of hydrogen-bond donors (Lipinski definition) is 1. The highest BCUT2D eigenvalue weighted by Crippen LogP contribution is 2.21. The zero-order chi connectivity index (χ0) is 20.9. The fourth-order valence-electron chi connectivity index (χ4n) is 3.88. The molecular formula is C23H31IN6O. The third-order valence-electron chi connectivity index (χ3n) is 5.60. The van der Waals surface area contributed by atoms with Crippen molar-refractivity contribution >= 4 is 46.7 Å². The van der Waals surface area contributed by atoms with Gasteiger partial charge in [-0.05, 0) is 43.3 Å². The molecule has 2 aromatic carbocycles. The molecule has 1 aromatic heterocycles. The SMILES string of the molecule is CCNC(=NCc1nc2ccccc2n1C)N1CCN(c2ccc(OC)cc2)CC1.I. The molecule has 0 saturated carbocycles. The molecule has 7 nitrogen and oxygen atoms in total. The van der Waals surface area contributed by atoms with Crippen LogP contribution < -0.4 is 15.0 Å². The van der Waals surface area contributed by atoms with Crippen molar-refractivity contribution in [3.05, 3.63) is 54.4 Å². The molecule has 0 aliphatic carbocycles. The van der Waals surface area contributed by atoms with Gasteiger partial charge in [0.1, 0.15) is 18.1 Å². The molecule has 1 saturated heterocycles. The third kappa shape index (κ3) is 5.23. The second kappa shape index (κ2) is 10.7. The normalized spacial score (nSPS) is 14.5. The lowest BCUT2D eigenvalue weighted by atomic mass is 10.2. The molecule has 1 aliphatic heterocycles. The summed E-state index contributed by atoms with van der Waals surface area (Å²) >= 11 is 0. The molecule has 0 bridgehead atoms. The molecule has 0 amide bonds. The minimum absolute atomic E-state index is 0. The number of aryl methyl sites for hydroxylation is 1. The van der Waals surface area contributed by atoms with Gasteiger partial charge in [0.15, 0.2) is 5.96 Å². The number of methoxy groups -OCH3 is 1. The molecule has 3 aromatic rings. The molecule has 4 rings (SSSR count). The Kier molecular flexibility index (Phi) is 8.00. The number of aromatic nitrogens is 2. The largest absolute Gasteiger partial charge is 0.497 e. The van der Waals surface area contributed by atoms with Gasteiger partial charge in [0.2, 0.25) is 0 Å². The summed E-state index contributed by atoms with van der Waals surface area (Å²) in [5, 5.41) is 3.45. The van der Waals surface area contributed by atoms with Crippen LogP contribution in [0.25, 0.3) is 11.0 Å². The zero-order valence-corrected chi connectivity index (χ0v) is 20.7. The van der Waals surface area contributed by atoms with Crippen molar-refractivity contribution in [2.24, 2.45) is 12.0 Å². The molecule has 0 atom stereocenters. The molecule has 0 spiro atoms. The number of piperazine rings is 1. The van der Waals surface area contributed by atoms with Crippen molar-refractivity contribution in [1.29, 1.82) is 0 Å². The highest BCUT2D eigenvalue weighted by Gasteiger charge is 2.20. The molecule has 1 N–H and O–H groups in total. The third-order valence-corrected chi connectivity index (χ3v) is 5.60. The molecular weight excluding hydrogens is 503 g/mol. The van der Waals surface area contributed by atoms with E-state index < -0.39 is 0 Å². The Bertz CT molecular complexity index is 1010. The van der Waals surface area contributed by atoms with Crippen molar-refractivity contribution in [2.45, 2.75) is 13.5 Å². The average Bonchev–Trinajstić information content (AvgIpc) is 3.12. The summed E-state index contributed by atoms with van der Waals surface area (Å²) < 4.78 is 7.39. The lowest BCUT2D eigenvalue weighted by Crippen LogP contribution is -2.52. The van der Waals surface area contributed by atoms with Crippen LogP contribution in [0.5, 0.6) is 5.75 Å². The van der Waals surface area contributed by atoms with Gasteiger partial charge in [0.25, 0.3) is 0 Å².